The summed E-state index contributed by atoms with van der Waals surface area (Å²) in [5.41, 5.74) is -5.57. The highest BCUT2D eigenvalue weighted by Crippen LogP contribution is 2.35. The van der Waals surface area contributed by atoms with Crippen molar-refractivity contribution in [1.29, 1.82) is 0 Å². The van der Waals surface area contributed by atoms with Gasteiger partial charge in [0.2, 0.25) is 0 Å². The summed E-state index contributed by atoms with van der Waals surface area (Å²) >= 11 is 0. The maximum Gasteiger partial charge on any atom is 0.534 e. The quantitative estimate of drug-likeness (QED) is 0.425. The Hall–Kier alpha value is -1.78. The number of hydrogen-bond donors (Lipinski definition) is 0. The van der Waals surface area contributed by atoms with Gasteiger partial charge in [-0.3, -0.25) is 4.79 Å². The number of alkyl halides is 3. The Morgan fingerprint density at radius 2 is 2.00 bits per heavy atom. The number of nitrogens with zero attached hydrogens (tertiary/aromatic N) is 1. The van der Waals surface area contributed by atoms with Crippen molar-refractivity contribution in [2.24, 2.45) is 0 Å². The van der Waals surface area contributed by atoms with Crippen molar-refractivity contribution in [3.05, 3.63) is 11.8 Å². The zero-order valence-electron chi connectivity index (χ0n) is 11.3. The molecule has 0 saturated carbocycles. The molecule has 11 heteroatoms. The van der Waals surface area contributed by atoms with Crippen molar-refractivity contribution in [2.45, 2.75) is 36.9 Å². The summed E-state index contributed by atoms with van der Waals surface area (Å²) in [4.78, 5) is 24.7. The first-order chi connectivity index (χ1) is 10.1. The average molecular weight is 343 g/mol. The van der Waals surface area contributed by atoms with Crippen LogP contribution >= 0.6 is 0 Å². The van der Waals surface area contributed by atoms with E-state index in [0.717, 1.165) is 7.11 Å². The molecule has 2 aliphatic heterocycles. The van der Waals surface area contributed by atoms with Crippen molar-refractivity contribution in [3.8, 4) is 0 Å². The molecule has 7 nitrogen and oxygen atoms in total. The lowest BCUT2D eigenvalue weighted by atomic mass is 10.1. The number of esters is 1. The minimum absolute atomic E-state index is 0.214. The normalized spacial score (nSPS) is 25.5. The van der Waals surface area contributed by atoms with Crippen LogP contribution in [0.15, 0.2) is 11.8 Å². The predicted molar refractivity (Wildman–Crippen MR) is 64.4 cm³/mol. The molecule has 0 bridgehead atoms. The summed E-state index contributed by atoms with van der Waals surface area (Å²) in [5.74, 6) is -2.00. The second-order valence-electron chi connectivity index (χ2n) is 4.81. The van der Waals surface area contributed by atoms with E-state index in [1.54, 1.807) is 0 Å². The first kappa shape index (κ1) is 16.6. The number of hydrogen-bond acceptors (Lipinski definition) is 6. The van der Waals surface area contributed by atoms with E-state index in [0.29, 0.717) is 12.5 Å². The van der Waals surface area contributed by atoms with Gasteiger partial charge in [-0.05, 0) is 12.8 Å². The van der Waals surface area contributed by atoms with E-state index >= 15 is 0 Å². The first-order valence-corrected chi connectivity index (χ1v) is 7.59. The molecule has 0 aromatic carbocycles. The number of fused-ring (bicyclic) bond motifs is 1. The van der Waals surface area contributed by atoms with Gasteiger partial charge in [-0.25, -0.2) is 4.79 Å². The van der Waals surface area contributed by atoms with Gasteiger partial charge in [0.1, 0.15) is 11.8 Å². The molecule has 2 heterocycles. The smallest absolute Gasteiger partial charge is 0.467 e. The van der Waals surface area contributed by atoms with E-state index in [-0.39, 0.29) is 12.8 Å². The second-order valence-corrected chi connectivity index (χ2v) is 6.35. The third kappa shape index (κ3) is 2.89. The number of rotatable bonds is 3. The average Bonchev–Trinajstić information content (AvgIpc) is 2.80. The van der Waals surface area contributed by atoms with Gasteiger partial charge in [-0.2, -0.15) is 21.6 Å². The molecule has 0 unspecified atom stereocenters. The zero-order chi connectivity index (χ0) is 16.7. The molecule has 0 aromatic heterocycles. The van der Waals surface area contributed by atoms with Crippen LogP contribution < -0.4 is 0 Å². The number of halogens is 3. The van der Waals surface area contributed by atoms with Crippen molar-refractivity contribution >= 4 is 22.0 Å². The topological polar surface area (TPSA) is 90.0 Å². The maximum absolute atomic E-state index is 12.3. The van der Waals surface area contributed by atoms with E-state index in [2.05, 4.69) is 8.92 Å². The van der Waals surface area contributed by atoms with E-state index < -0.39 is 45.3 Å². The predicted octanol–water partition coefficient (Wildman–Crippen LogP) is 0.673. The minimum atomic E-state index is -5.81. The molecule has 2 atom stereocenters. The monoisotopic (exact) mass is 343 g/mol. The summed E-state index contributed by atoms with van der Waals surface area (Å²) in [5, 5.41) is 0. The molecule has 0 spiro atoms. The number of methoxy groups -OCH3 is 1. The molecule has 0 aromatic rings. The van der Waals surface area contributed by atoms with Gasteiger partial charge < -0.3 is 13.8 Å². The largest absolute Gasteiger partial charge is 0.534 e. The van der Waals surface area contributed by atoms with Gasteiger partial charge in [-0.15, -0.1) is 0 Å². The number of ether oxygens (including phenoxy) is 1. The van der Waals surface area contributed by atoms with E-state index in [1.807, 2.05) is 0 Å². The number of carbonyl (C=O) groups excluding carboxylic acids is 2. The summed E-state index contributed by atoms with van der Waals surface area (Å²) < 4.78 is 67.3. The van der Waals surface area contributed by atoms with Crippen LogP contribution in [0.5, 0.6) is 0 Å². The van der Waals surface area contributed by atoms with Crippen molar-refractivity contribution in [2.75, 3.05) is 7.11 Å². The van der Waals surface area contributed by atoms with Crippen molar-refractivity contribution in [1.82, 2.24) is 4.90 Å². The molecule has 1 amide bonds. The van der Waals surface area contributed by atoms with Gasteiger partial charge in [0.15, 0.2) is 0 Å². The SMILES string of the molecule is COC(=O)[C@@H]1CC[C@@H]2CC(OS(=O)(=O)C(F)(F)F)=CC(=O)N21. The molecule has 0 aliphatic carbocycles. The van der Waals surface area contributed by atoms with Gasteiger partial charge in [-0.1, -0.05) is 0 Å². The zero-order valence-corrected chi connectivity index (χ0v) is 12.1. The van der Waals surface area contributed by atoms with Crippen LogP contribution in [0.2, 0.25) is 0 Å². The Morgan fingerprint density at radius 1 is 1.36 bits per heavy atom. The van der Waals surface area contributed by atoms with Crippen LogP contribution in [-0.4, -0.2) is 49.9 Å². The molecule has 22 heavy (non-hydrogen) atoms. The van der Waals surface area contributed by atoms with E-state index in [9.17, 15) is 31.2 Å². The Morgan fingerprint density at radius 3 is 2.55 bits per heavy atom. The fourth-order valence-corrected chi connectivity index (χ4v) is 3.03. The summed E-state index contributed by atoms with van der Waals surface area (Å²) in [6.45, 7) is 0. The first-order valence-electron chi connectivity index (χ1n) is 6.18. The molecule has 2 rings (SSSR count). The standard InChI is InChI=1S/C11H12F3NO6S/c1-20-10(17)8-3-2-6-4-7(5-9(16)15(6)8)21-22(18,19)11(12,13)14/h5-6,8H,2-4H2,1H3/t6-,8+/m1/s1. The maximum atomic E-state index is 12.3. The minimum Gasteiger partial charge on any atom is -0.467 e. The highest BCUT2D eigenvalue weighted by molar-refractivity contribution is 7.87. The van der Waals surface area contributed by atoms with Gasteiger partial charge in [0.05, 0.1) is 7.11 Å². The van der Waals surface area contributed by atoms with E-state index in [4.69, 9.17) is 0 Å². The Balaban J connectivity index is 2.19. The molecule has 1 fully saturated rings. The molecule has 0 radical (unpaired) electrons. The Labute approximate surface area is 123 Å². The lowest BCUT2D eigenvalue weighted by Gasteiger charge is -2.31. The lowest BCUT2D eigenvalue weighted by Crippen LogP contribution is -2.47. The lowest BCUT2D eigenvalue weighted by molar-refractivity contribution is -0.151. The number of carbonyl (C=O) groups is 2. The molecule has 1 saturated heterocycles. The second kappa shape index (κ2) is 5.45. The molecular formula is C11H12F3NO6S. The van der Waals surface area contributed by atoms with Crippen LogP contribution in [0.1, 0.15) is 19.3 Å². The van der Waals surface area contributed by atoms with Crippen LogP contribution in [0.4, 0.5) is 13.2 Å². The van der Waals surface area contributed by atoms with Crippen LogP contribution in [0.25, 0.3) is 0 Å². The van der Waals surface area contributed by atoms with Crippen molar-refractivity contribution in [3.63, 3.8) is 0 Å². The van der Waals surface area contributed by atoms with Crippen LogP contribution in [0, 0.1) is 0 Å². The van der Waals surface area contributed by atoms with Crippen molar-refractivity contribution < 1.29 is 40.1 Å². The molecular weight excluding hydrogens is 331 g/mol. The molecule has 124 valence electrons. The van der Waals surface area contributed by atoms with Gasteiger partial charge >= 0.3 is 21.6 Å². The third-order valence-electron chi connectivity index (χ3n) is 3.45. The summed E-state index contributed by atoms with van der Waals surface area (Å²) in [6.07, 6.45) is 1.06. The van der Waals surface area contributed by atoms with Crippen LogP contribution in [-0.2, 0) is 28.6 Å². The van der Waals surface area contributed by atoms with Crippen LogP contribution in [0.3, 0.4) is 0 Å². The third-order valence-corrected chi connectivity index (χ3v) is 4.45. The van der Waals surface area contributed by atoms with E-state index in [1.165, 1.54) is 4.90 Å². The highest BCUT2D eigenvalue weighted by Gasteiger charge is 2.50. The van der Waals surface area contributed by atoms with Gasteiger partial charge in [0, 0.05) is 18.5 Å². The van der Waals surface area contributed by atoms with Gasteiger partial charge in [0.25, 0.3) is 5.91 Å². The molecule has 2 aliphatic rings. The summed E-state index contributed by atoms with van der Waals surface area (Å²) in [7, 11) is -4.66. The molecule has 0 N–H and O–H groups in total. The fraction of sp³-hybridized carbons (Fsp3) is 0.636. The highest BCUT2D eigenvalue weighted by atomic mass is 32.2. The fourth-order valence-electron chi connectivity index (χ4n) is 2.53. The number of amides is 1. The Kier molecular flexibility index (Phi) is 4.11. The Bertz CT molecular complexity index is 626. The summed E-state index contributed by atoms with van der Waals surface area (Å²) in [6, 6.07) is -1.42.